The molecule has 4 nitrogen and oxygen atoms in total. The molecular weight excluding hydrogens is 220 g/mol. The smallest absolute Gasteiger partial charge is 0.113 e. The Balaban J connectivity index is 2.71. The minimum absolute atomic E-state index is 0.0121. The Morgan fingerprint density at radius 2 is 1.94 bits per heavy atom. The molecule has 17 heavy (non-hydrogen) atoms. The maximum atomic E-state index is 10.1. The van der Waals surface area contributed by atoms with E-state index < -0.39 is 18.3 Å². The molecule has 4 atom stereocenters. The third-order valence-corrected chi connectivity index (χ3v) is 2.98. The Kier molecular flexibility index (Phi) is 4.95. The number of rotatable bonds is 3. The second-order valence-corrected chi connectivity index (χ2v) is 6.14. The predicted molar refractivity (Wildman–Crippen MR) is 65.8 cm³/mol. The van der Waals surface area contributed by atoms with Gasteiger partial charge in [-0.15, -0.1) is 0 Å². The lowest BCUT2D eigenvalue weighted by Crippen LogP contribution is -2.54. The van der Waals surface area contributed by atoms with Crippen molar-refractivity contribution in [2.75, 3.05) is 6.61 Å². The van der Waals surface area contributed by atoms with Gasteiger partial charge in [-0.25, -0.2) is 0 Å². The molecule has 4 heteroatoms. The number of hydrogen-bond acceptors (Lipinski definition) is 4. The van der Waals surface area contributed by atoms with Gasteiger partial charge >= 0.3 is 0 Å². The van der Waals surface area contributed by atoms with Crippen LogP contribution in [0.3, 0.4) is 0 Å². The summed E-state index contributed by atoms with van der Waals surface area (Å²) in [5.41, 5.74) is -0.354. The molecule has 0 spiro atoms. The first-order valence-electron chi connectivity index (χ1n) is 6.37. The van der Waals surface area contributed by atoms with Crippen LogP contribution in [0.1, 0.15) is 41.0 Å². The zero-order valence-electron chi connectivity index (χ0n) is 11.5. The van der Waals surface area contributed by atoms with Crippen molar-refractivity contribution in [3.8, 4) is 0 Å². The first-order chi connectivity index (χ1) is 7.74. The largest absolute Gasteiger partial charge is 0.394 e. The maximum Gasteiger partial charge on any atom is 0.113 e. The van der Waals surface area contributed by atoms with Crippen molar-refractivity contribution in [3.63, 3.8) is 0 Å². The van der Waals surface area contributed by atoms with Crippen molar-refractivity contribution < 1.29 is 19.7 Å². The van der Waals surface area contributed by atoms with Gasteiger partial charge in [0.15, 0.2) is 0 Å². The molecule has 0 aromatic carbocycles. The third-order valence-electron chi connectivity index (χ3n) is 2.98. The quantitative estimate of drug-likeness (QED) is 0.789. The van der Waals surface area contributed by atoms with Crippen LogP contribution in [0.2, 0.25) is 0 Å². The highest BCUT2D eigenvalue weighted by Crippen LogP contribution is 2.29. The summed E-state index contributed by atoms with van der Waals surface area (Å²) < 4.78 is 11.6. The van der Waals surface area contributed by atoms with E-state index in [-0.39, 0.29) is 18.3 Å². The van der Waals surface area contributed by atoms with Crippen LogP contribution in [0.15, 0.2) is 0 Å². The highest BCUT2D eigenvalue weighted by molar-refractivity contribution is 4.88. The Morgan fingerprint density at radius 3 is 2.35 bits per heavy atom. The van der Waals surface area contributed by atoms with Gasteiger partial charge in [0.05, 0.1) is 24.4 Å². The lowest BCUT2D eigenvalue weighted by Gasteiger charge is -2.42. The van der Waals surface area contributed by atoms with E-state index in [4.69, 9.17) is 9.47 Å². The lowest BCUT2D eigenvalue weighted by molar-refractivity contribution is -0.230. The monoisotopic (exact) mass is 246 g/mol. The van der Waals surface area contributed by atoms with Crippen molar-refractivity contribution in [1.82, 2.24) is 0 Å². The van der Waals surface area contributed by atoms with Crippen LogP contribution in [-0.4, -0.2) is 46.8 Å². The van der Waals surface area contributed by atoms with E-state index in [1.807, 2.05) is 20.8 Å². The Hall–Kier alpha value is -0.160. The van der Waals surface area contributed by atoms with Crippen molar-refractivity contribution in [3.05, 3.63) is 0 Å². The van der Waals surface area contributed by atoms with Crippen LogP contribution in [0.5, 0.6) is 0 Å². The highest BCUT2D eigenvalue weighted by Gasteiger charge is 2.41. The minimum atomic E-state index is -0.576. The van der Waals surface area contributed by atoms with Crippen LogP contribution < -0.4 is 0 Å². The highest BCUT2D eigenvalue weighted by atomic mass is 16.6. The van der Waals surface area contributed by atoms with Gasteiger partial charge in [0, 0.05) is 6.42 Å². The number of ether oxygens (including phenoxy) is 2. The molecule has 1 fully saturated rings. The summed E-state index contributed by atoms with van der Waals surface area (Å²) in [6.45, 7) is 9.78. The molecular formula is C13H26O4. The number of aliphatic hydroxyl groups excluding tert-OH is 2. The van der Waals surface area contributed by atoms with E-state index in [9.17, 15) is 10.2 Å². The van der Waals surface area contributed by atoms with Crippen molar-refractivity contribution in [2.24, 2.45) is 5.92 Å². The second-order valence-electron chi connectivity index (χ2n) is 6.14. The molecule has 0 aromatic rings. The predicted octanol–water partition coefficient (Wildman–Crippen LogP) is 1.34. The molecule has 1 rings (SSSR count). The molecule has 102 valence electrons. The molecule has 0 aromatic heterocycles. The van der Waals surface area contributed by atoms with Gasteiger partial charge in [0.25, 0.3) is 0 Å². The summed E-state index contributed by atoms with van der Waals surface area (Å²) in [6.07, 6.45) is -0.913. The molecule has 0 aliphatic carbocycles. The third kappa shape index (κ3) is 4.21. The van der Waals surface area contributed by atoms with Gasteiger partial charge in [-0.3, -0.25) is 0 Å². The fourth-order valence-electron chi connectivity index (χ4n) is 2.12. The van der Waals surface area contributed by atoms with E-state index in [1.165, 1.54) is 0 Å². The Morgan fingerprint density at radius 1 is 1.35 bits per heavy atom. The lowest BCUT2D eigenvalue weighted by atomic mass is 9.92. The Bertz CT molecular complexity index is 234. The van der Waals surface area contributed by atoms with Gasteiger partial charge in [0.1, 0.15) is 12.2 Å². The number of hydrogen-bond donors (Lipinski definition) is 2. The molecule has 2 N–H and O–H groups in total. The molecule has 1 aliphatic heterocycles. The van der Waals surface area contributed by atoms with E-state index in [0.29, 0.717) is 12.3 Å². The van der Waals surface area contributed by atoms with Gasteiger partial charge in [-0.2, -0.15) is 0 Å². The zero-order valence-corrected chi connectivity index (χ0v) is 11.5. The van der Waals surface area contributed by atoms with E-state index >= 15 is 0 Å². The summed E-state index contributed by atoms with van der Waals surface area (Å²) in [6, 6.07) is 0. The topological polar surface area (TPSA) is 58.9 Å². The van der Waals surface area contributed by atoms with Crippen LogP contribution in [-0.2, 0) is 9.47 Å². The zero-order chi connectivity index (χ0) is 13.2. The van der Waals surface area contributed by atoms with Gasteiger partial charge in [-0.05, 0) is 26.7 Å². The molecule has 0 amide bonds. The number of aliphatic hydroxyl groups is 2. The standard InChI is InChI=1S/C13H26O4/c1-8(2)10-6-9(15)12(11(7-14)16-10)17-13(3,4)5/h8-12,14-15H,6-7H2,1-5H3. The summed E-state index contributed by atoms with van der Waals surface area (Å²) in [5, 5.41) is 19.5. The molecule has 0 saturated carbocycles. The molecule has 4 unspecified atom stereocenters. The second kappa shape index (κ2) is 5.65. The SMILES string of the molecule is CC(C)C1CC(O)C(OC(C)(C)C)C(CO)O1. The first kappa shape index (κ1) is 14.9. The summed E-state index contributed by atoms with van der Waals surface area (Å²) in [4.78, 5) is 0. The van der Waals surface area contributed by atoms with Crippen LogP contribution in [0.4, 0.5) is 0 Å². The minimum Gasteiger partial charge on any atom is -0.394 e. The summed E-state index contributed by atoms with van der Waals surface area (Å²) in [7, 11) is 0. The fraction of sp³-hybridized carbons (Fsp3) is 1.00. The van der Waals surface area contributed by atoms with Crippen LogP contribution in [0.25, 0.3) is 0 Å². The first-order valence-corrected chi connectivity index (χ1v) is 6.37. The maximum absolute atomic E-state index is 10.1. The van der Waals surface area contributed by atoms with E-state index in [2.05, 4.69) is 13.8 Å². The molecule has 0 bridgehead atoms. The normalized spacial score (nSPS) is 35.3. The van der Waals surface area contributed by atoms with E-state index in [1.54, 1.807) is 0 Å². The summed E-state index contributed by atoms with van der Waals surface area (Å²) >= 11 is 0. The van der Waals surface area contributed by atoms with E-state index in [0.717, 1.165) is 0 Å². The average molecular weight is 246 g/mol. The van der Waals surface area contributed by atoms with Crippen LogP contribution in [0, 0.1) is 5.92 Å². The molecule has 1 heterocycles. The van der Waals surface area contributed by atoms with Gasteiger partial charge in [-0.1, -0.05) is 13.8 Å². The average Bonchev–Trinajstić information content (AvgIpc) is 2.18. The molecule has 1 saturated heterocycles. The van der Waals surface area contributed by atoms with Crippen LogP contribution >= 0.6 is 0 Å². The van der Waals surface area contributed by atoms with Gasteiger partial charge < -0.3 is 19.7 Å². The fourth-order valence-corrected chi connectivity index (χ4v) is 2.12. The summed E-state index contributed by atoms with van der Waals surface area (Å²) in [5.74, 6) is 0.328. The molecule has 1 aliphatic rings. The Labute approximate surface area is 104 Å². The van der Waals surface area contributed by atoms with Crippen molar-refractivity contribution in [1.29, 1.82) is 0 Å². The van der Waals surface area contributed by atoms with Crippen molar-refractivity contribution in [2.45, 2.75) is 71.1 Å². The molecule has 0 radical (unpaired) electrons. The van der Waals surface area contributed by atoms with Gasteiger partial charge in [0.2, 0.25) is 0 Å². The van der Waals surface area contributed by atoms with Crippen molar-refractivity contribution >= 4 is 0 Å².